The molecular weight excluding hydrogens is 340 g/mol. The van der Waals surface area contributed by atoms with Crippen LogP contribution in [-0.4, -0.2) is 35.9 Å². The summed E-state index contributed by atoms with van der Waals surface area (Å²) in [6.07, 6.45) is 3.09. The first-order valence-corrected chi connectivity index (χ1v) is 9.12. The average molecular weight is 364 g/mol. The first-order chi connectivity index (χ1) is 13.1. The van der Waals surface area contributed by atoms with Gasteiger partial charge in [0.05, 0.1) is 0 Å². The topological polar surface area (TPSA) is 58.6 Å². The van der Waals surface area contributed by atoms with Gasteiger partial charge in [0, 0.05) is 44.1 Å². The van der Waals surface area contributed by atoms with Gasteiger partial charge in [-0.15, -0.1) is 0 Å². The molecule has 1 aliphatic heterocycles. The molecule has 140 valence electrons. The van der Waals surface area contributed by atoms with E-state index in [2.05, 4.69) is 11.9 Å². The molecule has 27 heavy (non-hydrogen) atoms. The molecule has 1 N–H and O–H groups in total. The SMILES string of the molecule is C=CC(=O)N1CCC(Oc2ccc(-c3ccccc3NC(C)=O)cc2)CC1. The maximum atomic E-state index is 11.6. The zero-order chi connectivity index (χ0) is 19.2. The predicted molar refractivity (Wildman–Crippen MR) is 107 cm³/mol. The highest BCUT2D eigenvalue weighted by Crippen LogP contribution is 2.30. The van der Waals surface area contributed by atoms with E-state index in [4.69, 9.17) is 4.74 Å². The fourth-order valence-corrected chi connectivity index (χ4v) is 3.26. The molecule has 1 saturated heterocycles. The molecular formula is C22H24N2O3. The Kier molecular flexibility index (Phi) is 5.91. The molecule has 3 rings (SSSR count). The summed E-state index contributed by atoms with van der Waals surface area (Å²) < 4.78 is 6.07. The van der Waals surface area contributed by atoms with E-state index in [1.165, 1.54) is 13.0 Å². The highest BCUT2D eigenvalue weighted by Gasteiger charge is 2.22. The molecule has 0 bridgehead atoms. The van der Waals surface area contributed by atoms with Crippen molar-refractivity contribution >= 4 is 17.5 Å². The smallest absolute Gasteiger partial charge is 0.245 e. The molecule has 0 unspecified atom stereocenters. The van der Waals surface area contributed by atoms with Gasteiger partial charge in [-0.2, -0.15) is 0 Å². The molecule has 1 aliphatic rings. The minimum atomic E-state index is -0.0938. The van der Waals surface area contributed by atoms with Crippen LogP contribution in [0.15, 0.2) is 61.2 Å². The van der Waals surface area contributed by atoms with E-state index in [0.717, 1.165) is 35.4 Å². The van der Waals surface area contributed by atoms with Crippen LogP contribution in [-0.2, 0) is 9.59 Å². The van der Waals surface area contributed by atoms with Gasteiger partial charge in [-0.3, -0.25) is 9.59 Å². The van der Waals surface area contributed by atoms with Gasteiger partial charge < -0.3 is 15.0 Å². The molecule has 0 spiro atoms. The molecule has 5 heteroatoms. The lowest BCUT2D eigenvalue weighted by Gasteiger charge is -2.31. The molecule has 1 fully saturated rings. The number of carbonyl (C=O) groups is 2. The molecule has 2 aromatic carbocycles. The van der Waals surface area contributed by atoms with Crippen LogP contribution in [0.3, 0.4) is 0 Å². The second-order valence-corrected chi connectivity index (χ2v) is 6.60. The number of benzene rings is 2. The number of hydrogen-bond acceptors (Lipinski definition) is 3. The summed E-state index contributed by atoms with van der Waals surface area (Å²) in [5.41, 5.74) is 2.77. The lowest BCUT2D eigenvalue weighted by molar-refractivity contribution is -0.127. The van der Waals surface area contributed by atoms with Gasteiger partial charge in [-0.1, -0.05) is 36.9 Å². The molecule has 2 aromatic rings. The van der Waals surface area contributed by atoms with Gasteiger partial charge in [-0.25, -0.2) is 0 Å². The zero-order valence-corrected chi connectivity index (χ0v) is 15.5. The van der Waals surface area contributed by atoms with Crippen molar-refractivity contribution in [3.63, 3.8) is 0 Å². The van der Waals surface area contributed by atoms with E-state index in [1.54, 1.807) is 4.90 Å². The summed E-state index contributed by atoms with van der Waals surface area (Å²) in [4.78, 5) is 24.8. The number of piperidine rings is 1. The minimum Gasteiger partial charge on any atom is -0.490 e. The first kappa shape index (κ1) is 18.7. The molecule has 2 amide bonds. The number of amides is 2. The van der Waals surface area contributed by atoms with Gasteiger partial charge in [0.25, 0.3) is 0 Å². The van der Waals surface area contributed by atoms with E-state index in [1.807, 2.05) is 48.5 Å². The van der Waals surface area contributed by atoms with Crippen LogP contribution in [0, 0.1) is 0 Å². The molecule has 0 radical (unpaired) electrons. The average Bonchev–Trinajstić information content (AvgIpc) is 2.69. The number of likely N-dealkylation sites (tertiary alicyclic amines) is 1. The van der Waals surface area contributed by atoms with Crippen LogP contribution in [0.5, 0.6) is 5.75 Å². The van der Waals surface area contributed by atoms with E-state index >= 15 is 0 Å². The highest BCUT2D eigenvalue weighted by molar-refractivity contribution is 5.94. The van der Waals surface area contributed by atoms with E-state index in [9.17, 15) is 9.59 Å². The number of carbonyl (C=O) groups excluding carboxylic acids is 2. The maximum absolute atomic E-state index is 11.6. The Balaban J connectivity index is 1.64. The quantitative estimate of drug-likeness (QED) is 0.820. The van der Waals surface area contributed by atoms with Gasteiger partial charge in [0.1, 0.15) is 11.9 Å². The molecule has 1 heterocycles. The largest absolute Gasteiger partial charge is 0.490 e. The zero-order valence-electron chi connectivity index (χ0n) is 15.5. The predicted octanol–water partition coefficient (Wildman–Crippen LogP) is 3.87. The molecule has 0 saturated carbocycles. The van der Waals surface area contributed by atoms with Crippen LogP contribution in [0.4, 0.5) is 5.69 Å². The lowest BCUT2D eigenvalue weighted by atomic mass is 10.0. The highest BCUT2D eigenvalue weighted by atomic mass is 16.5. The second-order valence-electron chi connectivity index (χ2n) is 6.60. The summed E-state index contributed by atoms with van der Waals surface area (Å²) in [6, 6.07) is 15.6. The fraction of sp³-hybridized carbons (Fsp3) is 0.273. The van der Waals surface area contributed by atoms with Crippen LogP contribution >= 0.6 is 0 Å². The van der Waals surface area contributed by atoms with Crippen LogP contribution < -0.4 is 10.1 Å². The summed E-state index contributed by atoms with van der Waals surface area (Å²) in [6.45, 7) is 6.42. The number of hydrogen-bond donors (Lipinski definition) is 1. The number of anilines is 1. The van der Waals surface area contributed by atoms with E-state index < -0.39 is 0 Å². The van der Waals surface area contributed by atoms with Crippen LogP contribution in [0.25, 0.3) is 11.1 Å². The number of nitrogens with one attached hydrogen (secondary N) is 1. The standard InChI is InChI=1S/C22H24N2O3/c1-3-22(26)24-14-12-19(13-15-24)27-18-10-8-17(9-11-18)20-6-4-5-7-21(20)23-16(2)25/h3-11,19H,1,12-15H2,2H3,(H,23,25). The van der Waals surface area contributed by atoms with Gasteiger partial charge >= 0.3 is 0 Å². The third-order valence-electron chi connectivity index (χ3n) is 4.63. The van der Waals surface area contributed by atoms with Crippen molar-refractivity contribution in [3.8, 4) is 16.9 Å². The van der Waals surface area contributed by atoms with E-state index in [0.29, 0.717) is 13.1 Å². The Morgan fingerprint density at radius 1 is 1.11 bits per heavy atom. The molecule has 0 aromatic heterocycles. The normalized spacial score (nSPS) is 14.5. The molecule has 5 nitrogen and oxygen atoms in total. The molecule has 0 atom stereocenters. The third kappa shape index (κ3) is 4.76. The van der Waals surface area contributed by atoms with Crippen LogP contribution in [0.1, 0.15) is 19.8 Å². The van der Waals surface area contributed by atoms with Crippen molar-refractivity contribution < 1.29 is 14.3 Å². The van der Waals surface area contributed by atoms with Crippen LogP contribution in [0.2, 0.25) is 0 Å². The minimum absolute atomic E-state index is 0.0179. The van der Waals surface area contributed by atoms with E-state index in [-0.39, 0.29) is 17.9 Å². The summed E-state index contributed by atoms with van der Waals surface area (Å²) in [5.74, 6) is 0.698. The van der Waals surface area contributed by atoms with Crippen molar-refractivity contribution in [2.75, 3.05) is 18.4 Å². The number of rotatable bonds is 5. The molecule has 0 aliphatic carbocycles. The Labute approximate surface area is 159 Å². The number of para-hydroxylation sites is 1. The van der Waals surface area contributed by atoms with Crippen molar-refractivity contribution in [3.05, 3.63) is 61.2 Å². The Morgan fingerprint density at radius 2 is 1.78 bits per heavy atom. The summed E-state index contributed by atoms with van der Waals surface area (Å²) in [5, 5.41) is 2.86. The third-order valence-corrected chi connectivity index (χ3v) is 4.63. The fourth-order valence-electron chi connectivity index (χ4n) is 3.26. The monoisotopic (exact) mass is 364 g/mol. The summed E-state index contributed by atoms with van der Waals surface area (Å²) in [7, 11) is 0. The number of ether oxygens (including phenoxy) is 1. The second kappa shape index (κ2) is 8.54. The van der Waals surface area contributed by atoms with Crippen molar-refractivity contribution in [1.29, 1.82) is 0 Å². The van der Waals surface area contributed by atoms with Gasteiger partial charge in [0.2, 0.25) is 11.8 Å². The maximum Gasteiger partial charge on any atom is 0.245 e. The van der Waals surface area contributed by atoms with Crippen molar-refractivity contribution in [2.45, 2.75) is 25.9 Å². The van der Waals surface area contributed by atoms with Gasteiger partial charge in [-0.05, 0) is 29.8 Å². The lowest BCUT2D eigenvalue weighted by Crippen LogP contribution is -2.41. The van der Waals surface area contributed by atoms with Crippen molar-refractivity contribution in [1.82, 2.24) is 4.90 Å². The Morgan fingerprint density at radius 3 is 2.41 bits per heavy atom. The Hall–Kier alpha value is -3.08. The van der Waals surface area contributed by atoms with Gasteiger partial charge in [0.15, 0.2) is 0 Å². The first-order valence-electron chi connectivity index (χ1n) is 9.12. The number of nitrogens with zero attached hydrogens (tertiary/aromatic N) is 1. The van der Waals surface area contributed by atoms with Crippen molar-refractivity contribution in [2.24, 2.45) is 0 Å². The Bertz CT molecular complexity index is 822. The summed E-state index contributed by atoms with van der Waals surface area (Å²) >= 11 is 0.